The Balaban J connectivity index is 3.22. The van der Waals surface area contributed by atoms with Gasteiger partial charge < -0.3 is 0 Å². The Bertz CT molecular complexity index is 391. The predicted molar refractivity (Wildman–Crippen MR) is 46.0 cm³/mol. The molecule has 0 bridgehead atoms. The molecule has 1 aromatic heterocycles. The summed E-state index contributed by atoms with van der Waals surface area (Å²) in [6.45, 7) is 0. The fourth-order valence-corrected chi connectivity index (χ4v) is 1.55. The Morgan fingerprint density at radius 3 is 2.36 bits per heavy atom. The molecule has 9 heteroatoms. The standard InChI is InChI=1S/C5H2Cl2F3N2OP/c6-14(7,13)4-11-2-1-3(12-4)5(8,9)10/h1-2H. The fourth-order valence-electron chi connectivity index (χ4n) is 0.632. The molecule has 0 amide bonds. The van der Waals surface area contributed by atoms with E-state index in [4.69, 9.17) is 22.5 Å². The Morgan fingerprint density at radius 1 is 1.36 bits per heavy atom. The maximum Gasteiger partial charge on any atom is 0.433 e. The van der Waals surface area contributed by atoms with Crippen molar-refractivity contribution in [1.29, 1.82) is 0 Å². The molecular formula is C5H2Cl2F3N2OP. The number of rotatable bonds is 1. The molecule has 0 aliphatic heterocycles. The molecule has 0 radical (unpaired) electrons. The van der Waals surface area contributed by atoms with E-state index in [1.165, 1.54) is 0 Å². The molecule has 0 spiro atoms. The van der Waals surface area contributed by atoms with Crippen LogP contribution in [0, 0.1) is 0 Å². The summed E-state index contributed by atoms with van der Waals surface area (Å²) >= 11 is 10.2. The van der Waals surface area contributed by atoms with Crippen LogP contribution in [-0.4, -0.2) is 9.97 Å². The molecule has 0 atom stereocenters. The number of nitrogens with zero attached hydrogens (tertiary/aromatic N) is 2. The lowest BCUT2D eigenvalue weighted by molar-refractivity contribution is -0.141. The summed E-state index contributed by atoms with van der Waals surface area (Å²) in [4.78, 5) is 6.24. The van der Waals surface area contributed by atoms with Crippen LogP contribution in [0.25, 0.3) is 0 Å². The summed E-state index contributed by atoms with van der Waals surface area (Å²) in [6, 6.07) is 0.632. The fraction of sp³-hybridized carbons (Fsp3) is 0.200. The van der Waals surface area contributed by atoms with E-state index in [0.29, 0.717) is 6.07 Å². The molecule has 0 aliphatic carbocycles. The van der Waals surface area contributed by atoms with Gasteiger partial charge in [0.2, 0.25) is 5.57 Å². The van der Waals surface area contributed by atoms with E-state index in [9.17, 15) is 17.7 Å². The van der Waals surface area contributed by atoms with Crippen molar-refractivity contribution in [3.05, 3.63) is 18.0 Å². The minimum atomic E-state index is -4.64. The second-order valence-corrected chi connectivity index (χ2v) is 6.90. The van der Waals surface area contributed by atoms with Crippen molar-refractivity contribution in [1.82, 2.24) is 9.97 Å². The quantitative estimate of drug-likeness (QED) is 0.733. The Morgan fingerprint density at radius 2 is 1.93 bits per heavy atom. The third-order valence-electron chi connectivity index (χ3n) is 1.17. The van der Waals surface area contributed by atoms with Gasteiger partial charge in [-0.3, -0.25) is 4.57 Å². The number of halogens is 5. The normalized spacial score (nSPS) is 12.9. The van der Waals surface area contributed by atoms with Crippen molar-refractivity contribution in [3.63, 3.8) is 0 Å². The van der Waals surface area contributed by atoms with Gasteiger partial charge in [0.05, 0.1) is 0 Å². The van der Waals surface area contributed by atoms with Crippen LogP contribution in [-0.2, 0) is 10.7 Å². The molecule has 0 fully saturated rings. The molecule has 0 saturated carbocycles. The molecule has 0 aromatic carbocycles. The van der Waals surface area contributed by atoms with E-state index in [-0.39, 0.29) is 0 Å². The smallest absolute Gasteiger partial charge is 0.281 e. The molecule has 0 unspecified atom stereocenters. The lowest BCUT2D eigenvalue weighted by Crippen LogP contribution is -2.17. The lowest BCUT2D eigenvalue weighted by atomic mass is 10.4. The van der Waals surface area contributed by atoms with Gasteiger partial charge in [-0.2, -0.15) is 13.2 Å². The monoisotopic (exact) mass is 264 g/mol. The summed E-state index contributed by atoms with van der Waals surface area (Å²) in [6.07, 6.45) is -3.84. The highest BCUT2D eigenvalue weighted by Gasteiger charge is 2.34. The molecule has 78 valence electrons. The lowest BCUT2D eigenvalue weighted by Gasteiger charge is -2.06. The van der Waals surface area contributed by atoms with Crippen molar-refractivity contribution in [2.75, 3.05) is 0 Å². The molecule has 1 aromatic rings. The SMILES string of the molecule is O=P(Cl)(Cl)c1nccc(C(F)(F)F)n1. The average molecular weight is 265 g/mol. The molecule has 0 N–H and O–H groups in total. The number of hydrogen-bond donors (Lipinski definition) is 0. The van der Waals surface area contributed by atoms with Crippen molar-refractivity contribution in [3.8, 4) is 0 Å². The van der Waals surface area contributed by atoms with Gasteiger partial charge in [-0.1, -0.05) is 0 Å². The van der Waals surface area contributed by atoms with E-state index in [1.807, 2.05) is 0 Å². The van der Waals surface area contributed by atoms with Crippen molar-refractivity contribution < 1.29 is 17.7 Å². The highest BCUT2D eigenvalue weighted by atomic mass is 35.9. The van der Waals surface area contributed by atoms with Crippen molar-refractivity contribution in [2.45, 2.75) is 6.18 Å². The summed E-state index contributed by atoms with van der Waals surface area (Å²) in [7, 11) is 0. The van der Waals surface area contributed by atoms with Crippen molar-refractivity contribution in [2.24, 2.45) is 0 Å². The van der Waals surface area contributed by atoms with Crippen LogP contribution in [0.1, 0.15) is 5.69 Å². The first-order valence-electron chi connectivity index (χ1n) is 3.11. The number of alkyl halides is 3. The number of aromatic nitrogens is 2. The summed E-state index contributed by atoms with van der Waals surface area (Å²) < 4.78 is 47.2. The maximum absolute atomic E-state index is 12.1. The second kappa shape index (κ2) is 3.68. The van der Waals surface area contributed by atoms with Crippen molar-refractivity contribution >= 4 is 33.9 Å². The van der Waals surface area contributed by atoms with Gasteiger partial charge in [0.1, 0.15) is 5.69 Å². The van der Waals surface area contributed by atoms with Gasteiger partial charge in [0, 0.05) is 6.20 Å². The first kappa shape index (κ1) is 11.8. The Labute approximate surface area is 86.2 Å². The zero-order chi connectivity index (χ0) is 11.0. The Hall–Kier alpha value is -0.320. The first-order valence-corrected chi connectivity index (χ1v) is 6.63. The maximum atomic E-state index is 12.1. The first-order chi connectivity index (χ1) is 6.21. The molecular weight excluding hydrogens is 263 g/mol. The molecule has 1 heterocycles. The minimum Gasteiger partial charge on any atom is -0.281 e. The second-order valence-electron chi connectivity index (χ2n) is 2.20. The third-order valence-corrected chi connectivity index (χ3v) is 2.75. The number of hydrogen-bond acceptors (Lipinski definition) is 3. The Kier molecular flexibility index (Phi) is 3.09. The van der Waals surface area contributed by atoms with Gasteiger partial charge in [-0.05, 0) is 28.5 Å². The van der Waals surface area contributed by atoms with Gasteiger partial charge in [-0.15, -0.1) is 0 Å². The van der Waals surface area contributed by atoms with Crippen LogP contribution in [0.3, 0.4) is 0 Å². The highest BCUT2D eigenvalue weighted by Crippen LogP contribution is 2.54. The third kappa shape index (κ3) is 2.83. The van der Waals surface area contributed by atoms with Crippen LogP contribution >= 0.6 is 28.3 Å². The summed E-state index contributed by atoms with van der Waals surface area (Å²) in [5, 5.41) is 0. The molecule has 14 heavy (non-hydrogen) atoms. The zero-order valence-corrected chi connectivity index (χ0v) is 8.70. The van der Waals surface area contributed by atoms with E-state index in [1.54, 1.807) is 0 Å². The molecule has 3 nitrogen and oxygen atoms in total. The van der Waals surface area contributed by atoms with E-state index in [0.717, 1.165) is 6.20 Å². The minimum absolute atomic E-state index is 0.632. The van der Waals surface area contributed by atoms with Gasteiger partial charge in [0.15, 0.2) is 0 Å². The van der Waals surface area contributed by atoms with E-state index in [2.05, 4.69) is 9.97 Å². The largest absolute Gasteiger partial charge is 0.433 e. The van der Waals surface area contributed by atoms with Crippen LogP contribution in [0.15, 0.2) is 12.3 Å². The predicted octanol–water partition coefficient (Wildman–Crippen LogP) is 2.79. The van der Waals surface area contributed by atoms with E-state index < -0.39 is 23.3 Å². The topological polar surface area (TPSA) is 42.9 Å². The van der Waals surface area contributed by atoms with Crippen LogP contribution in [0.5, 0.6) is 0 Å². The highest BCUT2D eigenvalue weighted by molar-refractivity contribution is 8.13. The zero-order valence-electron chi connectivity index (χ0n) is 6.29. The average Bonchev–Trinajstić information content (AvgIpc) is 2.01. The summed E-state index contributed by atoms with van der Waals surface area (Å²) in [5.41, 5.74) is -1.94. The summed E-state index contributed by atoms with van der Waals surface area (Å²) in [5.74, 6) is -3.89. The van der Waals surface area contributed by atoms with Gasteiger partial charge in [0.25, 0.3) is 0 Å². The van der Waals surface area contributed by atoms with E-state index >= 15 is 0 Å². The molecule has 0 saturated heterocycles. The van der Waals surface area contributed by atoms with Gasteiger partial charge in [-0.25, -0.2) is 9.97 Å². The molecule has 1 rings (SSSR count). The van der Waals surface area contributed by atoms with Crippen LogP contribution < -0.4 is 5.57 Å². The van der Waals surface area contributed by atoms with Crippen LogP contribution in [0.2, 0.25) is 0 Å². The molecule has 0 aliphatic rings. The van der Waals surface area contributed by atoms with Gasteiger partial charge >= 0.3 is 12.0 Å². The van der Waals surface area contributed by atoms with Crippen LogP contribution in [0.4, 0.5) is 13.2 Å².